The van der Waals surface area contributed by atoms with E-state index in [1.54, 1.807) is 6.33 Å². The summed E-state index contributed by atoms with van der Waals surface area (Å²) in [5.74, 6) is 4.74. The molecule has 0 bridgehead atoms. The number of nitrogens with one attached hydrogen (secondary N) is 2. The van der Waals surface area contributed by atoms with Gasteiger partial charge in [-0.1, -0.05) is 0 Å². The summed E-state index contributed by atoms with van der Waals surface area (Å²) in [5, 5.41) is 3.21. The first-order chi connectivity index (χ1) is 11.8. The summed E-state index contributed by atoms with van der Waals surface area (Å²) in [6.07, 6.45) is 5.47. The molecule has 0 radical (unpaired) electrons. The van der Waals surface area contributed by atoms with Gasteiger partial charge in [-0.3, -0.25) is 4.79 Å². The van der Waals surface area contributed by atoms with E-state index in [-0.39, 0.29) is 12.1 Å². The van der Waals surface area contributed by atoms with Gasteiger partial charge in [-0.15, -0.1) is 0 Å². The quantitative estimate of drug-likeness (QED) is 0.594. The van der Waals surface area contributed by atoms with Crippen LogP contribution in [0.3, 0.4) is 0 Å². The minimum Gasteiger partial charge on any atom is -0.461 e. The van der Waals surface area contributed by atoms with Crippen molar-refractivity contribution < 1.29 is 9.53 Å². The van der Waals surface area contributed by atoms with Gasteiger partial charge in [-0.25, -0.2) is 15.0 Å². The van der Waals surface area contributed by atoms with Crippen molar-refractivity contribution in [3.05, 3.63) is 12.7 Å². The third kappa shape index (κ3) is 5.01. The Balaban J connectivity index is 1.38. The Morgan fingerprint density at radius 1 is 1.29 bits per heavy atom. The Labute approximate surface area is 149 Å². The monoisotopic (exact) mass is 367 g/mol. The smallest absolute Gasteiger partial charge is 0.306 e. The molecule has 0 aliphatic carbocycles. The Bertz CT molecular complexity index is 658. The fraction of sp³-hybridized carbons (Fsp3) is 0.600. The second-order valence-corrected chi connectivity index (χ2v) is 7.77. The van der Waals surface area contributed by atoms with Crippen LogP contribution in [0.25, 0.3) is 11.2 Å². The topological polar surface area (TPSA) is 92.8 Å². The number of rotatable bonds is 6. The number of aromatic amines is 1. The highest BCUT2D eigenvalue weighted by Gasteiger charge is 2.16. The summed E-state index contributed by atoms with van der Waals surface area (Å²) in [6.45, 7) is 0.647. The number of hydrogen-bond acceptors (Lipinski definition) is 8. The number of esters is 1. The molecular weight excluding hydrogens is 346 g/mol. The number of imidazole rings is 1. The molecule has 130 valence electrons. The molecule has 2 N–H and O–H groups in total. The Morgan fingerprint density at radius 3 is 2.96 bits per heavy atom. The second kappa shape index (κ2) is 9.12. The van der Waals surface area contributed by atoms with Gasteiger partial charge in [0, 0.05) is 24.5 Å². The van der Waals surface area contributed by atoms with Crippen LogP contribution in [0, 0.1) is 0 Å². The predicted molar refractivity (Wildman–Crippen MR) is 98.6 cm³/mol. The molecule has 0 saturated carbocycles. The van der Waals surface area contributed by atoms with Crippen molar-refractivity contribution in [2.75, 3.05) is 34.9 Å². The number of aromatic nitrogens is 4. The van der Waals surface area contributed by atoms with E-state index in [2.05, 4.69) is 25.3 Å². The first-order valence-corrected chi connectivity index (χ1v) is 10.4. The van der Waals surface area contributed by atoms with Crippen molar-refractivity contribution in [3.8, 4) is 0 Å². The first-order valence-electron chi connectivity index (χ1n) is 8.06. The van der Waals surface area contributed by atoms with Gasteiger partial charge in [-0.05, 0) is 24.3 Å². The Hall–Kier alpha value is -1.48. The summed E-state index contributed by atoms with van der Waals surface area (Å²) in [7, 11) is 0. The predicted octanol–water partition coefficient (Wildman–Crippen LogP) is 2.33. The van der Waals surface area contributed by atoms with E-state index in [4.69, 9.17) is 4.74 Å². The van der Waals surface area contributed by atoms with Crippen LogP contribution >= 0.6 is 23.5 Å². The molecule has 2 aromatic rings. The number of nitrogens with zero attached hydrogens (tertiary/aromatic N) is 3. The van der Waals surface area contributed by atoms with Gasteiger partial charge in [0.2, 0.25) is 0 Å². The van der Waals surface area contributed by atoms with Crippen molar-refractivity contribution in [2.24, 2.45) is 0 Å². The molecule has 1 saturated heterocycles. The molecule has 1 aliphatic rings. The lowest BCUT2D eigenvalue weighted by Crippen LogP contribution is -2.25. The van der Waals surface area contributed by atoms with Crippen LogP contribution in [-0.4, -0.2) is 61.6 Å². The molecule has 1 fully saturated rings. The number of carbonyl (C=O) groups excluding carboxylic acids is 1. The van der Waals surface area contributed by atoms with Crippen molar-refractivity contribution in [3.63, 3.8) is 0 Å². The number of anilines is 1. The van der Waals surface area contributed by atoms with Gasteiger partial charge in [-0.2, -0.15) is 23.5 Å². The van der Waals surface area contributed by atoms with E-state index in [1.165, 1.54) is 12.7 Å². The maximum absolute atomic E-state index is 12.0. The van der Waals surface area contributed by atoms with Crippen molar-refractivity contribution in [2.45, 2.75) is 25.4 Å². The largest absolute Gasteiger partial charge is 0.461 e. The highest BCUT2D eigenvalue weighted by Crippen LogP contribution is 2.19. The summed E-state index contributed by atoms with van der Waals surface area (Å²) < 4.78 is 5.59. The number of thioether (sulfide) groups is 2. The highest BCUT2D eigenvalue weighted by molar-refractivity contribution is 8.00. The number of carbonyl (C=O) groups is 1. The molecule has 0 atom stereocenters. The standard InChI is InChI=1S/C15H21N5O2S2/c21-12(22-11-7-23-5-2-6-24-8-11)3-1-4-16-14-13-15(18-9-17-13)20-10-19-14/h9-11H,1-8H2,(H2,16,17,18,19,20). The maximum atomic E-state index is 12.0. The van der Waals surface area contributed by atoms with Gasteiger partial charge < -0.3 is 15.0 Å². The van der Waals surface area contributed by atoms with Crippen LogP contribution < -0.4 is 5.32 Å². The van der Waals surface area contributed by atoms with E-state index < -0.39 is 0 Å². The molecule has 9 heteroatoms. The molecular formula is C15H21N5O2S2. The summed E-state index contributed by atoms with van der Waals surface area (Å²) in [4.78, 5) is 27.3. The number of hydrogen-bond donors (Lipinski definition) is 2. The number of H-pyrrole nitrogens is 1. The second-order valence-electron chi connectivity index (χ2n) is 5.47. The minimum atomic E-state index is -0.113. The highest BCUT2D eigenvalue weighted by atomic mass is 32.2. The van der Waals surface area contributed by atoms with E-state index >= 15 is 0 Å². The summed E-state index contributed by atoms with van der Waals surface area (Å²) in [5.41, 5.74) is 1.41. The van der Waals surface area contributed by atoms with Crippen molar-refractivity contribution in [1.82, 2.24) is 19.9 Å². The minimum absolute atomic E-state index is 0.0484. The van der Waals surface area contributed by atoms with Gasteiger partial charge in [0.15, 0.2) is 11.5 Å². The zero-order valence-corrected chi connectivity index (χ0v) is 15.0. The zero-order valence-electron chi connectivity index (χ0n) is 13.4. The molecule has 0 aromatic carbocycles. The average Bonchev–Trinajstić information content (AvgIpc) is 3.03. The van der Waals surface area contributed by atoms with E-state index in [9.17, 15) is 4.79 Å². The van der Waals surface area contributed by atoms with Crippen LogP contribution in [0.1, 0.15) is 19.3 Å². The van der Waals surface area contributed by atoms with Crippen LogP contribution in [-0.2, 0) is 9.53 Å². The average molecular weight is 368 g/mol. The summed E-state index contributed by atoms with van der Waals surface area (Å²) in [6, 6.07) is 0. The lowest BCUT2D eigenvalue weighted by molar-refractivity contribution is -0.147. The molecule has 24 heavy (non-hydrogen) atoms. The van der Waals surface area contributed by atoms with Crippen LogP contribution in [0.15, 0.2) is 12.7 Å². The molecule has 7 nitrogen and oxygen atoms in total. The zero-order chi connectivity index (χ0) is 16.6. The molecule has 0 amide bonds. The number of fused-ring (bicyclic) bond motifs is 1. The molecule has 0 unspecified atom stereocenters. The van der Waals surface area contributed by atoms with Crippen LogP contribution in [0.4, 0.5) is 5.82 Å². The van der Waals surface area contributed by atoms with E-state index in [0.717, 1.165) is 28.5 Å². The third-order valence-corrected chi connectivity index (χ3v) is 5.93. The maximum Gasteiger partial charge on any atom is 0.306 e. The van der Waals surface area contributed by atoms with Crippen LogP contribution in [0.5, 0.6) is 0 Å². The SMILES string of the molecule is O=C(CCCNc1ncnc2nc[nH]c12)OC1CSCCCSC1. The van der Waals surface area contributed by atoms with E-state index in [1.807, 2.05) is 23.5 Å². The molecule has 2 aromatic heterocycles. The van der Waals surface area contributed by atoms with Gasteiger partial charge in [0.1, 0.15) is 17.9 Å². The lowest BCUT2D eigenvalue weighted by atomic mass is 10.3. The number of ether oxygens (including phenoxy) is 1. The lowest BCUT2D eigenvalue weighted by Gasteiger charge is -2.19. The fourth-order valence-electron chi connectivity index (χ4n) is 2.39. The van der Waals surface area contributed by atoms with Gasteiger partial charge in [0.25, 0.3) is 0 Å². The Kier molecular flexibility index (Phi) is 6.59. The first kappa shape index (κ1) is 17.3. The van der Waals surface area contributed by atoms with Crippen molar-refractivity contribution >= 4 is 46.5 Å². The third-order valence-electron chi connectivity index (χ3n) is 3.56. The van der Waals surface area contributed by atoms with Crippen LogP contribution in [0.2, 0.25) is 0 Å². The summed E-state index contributed by atoms with van der Waals surface area (Å²) >= 11 is 3.76. The Morgan fingerprint density at radius 2 is 2.12 bits per heavy atom. The van der Waals surface area contributed by atoms with Gasteiger partial charge in [0.05, 0.1) is 6.33 Å². The van der Waals surface area contributed by atoms with Gasteiger partial charge >= 0.3 is 5.97 Å². The normalized spacial score (nSPS) is 16.5. The molecule has 3 heterocycles. The van der Waals surface area contributed by atoms with E-state index in [0.29, 0.717) is 30.9 Å². The molecule has 0 spiro atoms. The van der Waals surface area contributed by atoms with Crippen molar-refractivity contribution in [1.29, 1.82) is 0 Å². The molecule has 1 aliphatic heterocycles. The molecule has 3 rings (SSSR count). The fourth-order valence-corrected chi connectivity index (χ4v) is 4.65.